The van der Waals surface area contributed by atoms with E-state index in [0.717, 1.165) is 120 Å². The maximum atomic E-state index is 2.43. The van der Waals surface area contributed by atoms with Crippen molar-refractivity contribution in [2.45, 2.75) is 20.3 Å². The molecule has 3 heterocycles. The van der Waals surface area contributed by atoms with Crippen LogP contribution in [0, 0.1) is 13.8 Å². The van der Waals surface area contributed by atoms with Crippen LogP contribution in [0.25, 0.3) is 82.5 Å². The van der Waals surface area contributed by atoms with Crippen LogP contribution in [0.2, 0.25) is 0 Å². The van der Waals surface area contributed by atoms with Crippen LogP contribution in [0.5, 0.6) is 0 Å². The Bertz CT molecular complexity index is 6860. The molecule has 0 aliphatic heterocycles. The van der Waals surface area contributed by atoms with Gasteiger partial charge in [0.1, 0.15) is 0 Å². The van der Waals surface area contributed by atoms with Crippen LogP contribution in [0.1, 0.15) is 22.3 Å². The van der Waals surface area contributed by atoms with Gasteiger partial charge in [-0.3, -0.25) is 0 Å². The fraction of sp³-hybridized carbons (Fsp3) is 0.0270. The van der Waals surface area contributed by atoms with Gasteiger partial charge in [0.15, 0.2) is 0 Å². The number of benzene rings is 18. The van der Waals surface area contributed by atoms with E-state index in [1.165, 1.54) is 76.6 Å². The van der Waals surface area contributed by atoms with Crippen molar-refractivity contribution in [3.05, 3.63) is 471 Å². The van der Waals surface area contributed by atoms with E-state index in [2.05, 4.69) is 501 Å². The molecule has 0 saturated heterocycles. The summed E-state index contributed by atoms with van der Waals surface area (Å²) in [5.41, 5.74) is 31.2. The molecule has 0 atom stereocenters. The third kappa shape index (κ3) is 13.3. The highest BCUT2D eigenvalue weighted by atomic mass is 15.2. The molecule has 0 unspecified atom stereocenters. The summed E-state index contributed by atoms with van der Waals surface area (Å²) in [6.45, 7) is 4.30. The summed E-state index contributed by atoms with van der Waals surface area (Å²) in [5, 5.41) is 7.40. The molecule has 21 aromatic rings. The van der Waals surface area contributed by atoms with Crippen LogP contribution in [0.4, 0.5) is 85.3 Å². The Morgan fingerprint density at radius 2 is 0.378 bits per heavy atom. The highest BCUT2D eigenvalue weighted by Gasteiger charge is 2.24. The minimum Gasteiger partial charge on any atom is -0.310 e. The SMILES string of the molecule is Cc1cccc(N(c2ccccc2)c2ccc(N(c3ccc(N(c4ccccc4)c4cccc(C)c4)cc3)c3ccc(N(c4ccccc4)c4cccc(Cc5ccc6c(c5)c5ccccc5n6-c5ccc(N(c6ccc(-n7c8ccccc8c8ccccc87)cc6)c6ccc(-n7c8ccccc8c8ccccc87)cc6)cc5)c4)cc3)cc2)c1. The standard InChI is InChI=1S/C111H82N8/c1-78-25-22-34-97(73-78)114(82-28-6-3-7-29-82)91-54-48-85(49-55-91)112(86-50-56-92(57-51-86)115(83-30-8-4-9-31-83)98-35-23-26-79(2)74-98)87-52-58-93(59-53-87)116(84-32-10-5-11-33-84)99-36-24-27-80(76-99)75-81-47-72-111-105(77-81)104-41-16-21-46-110(104)119(111)96-70-64-90(65-71-96)113(88-60-66-94(67-61-88)117-106-42-17-12-37-100(106)101-38-13-18-43-107(101)117)89-62-68-95(69-63-89)118-108-44-19-14-39-102(108)103-40-15-20-45-109(103)118/h3-74,76-77H,75H2,1-2H3. The molecule has 0 aliphatic rings. The van der Waals surface area contributed by atoms with Crippen molar-refractivity contribution in [2.75, 3.05) is 24.5 Å². The summed E-state index contributed by atoms with van der Waals surface area (Å²) in [5.74, 6) is 0. The number of nitrogens with zero attached hydrogens (tertiary/aromatic N) is 8. The van der Waals surface area contributed by atoms with Gasteiger partial charge in [-0.05, 0) is 303 Å². The molecule has 0 saturated carbocycles. The van der Waals surface area contributed by atoms with Gasteiger partial charge in [-0.2, -0.15) is 0 Å². The maximum Gasteiger partial charge on any atom is 0.0541 e. The van der Waals surface area contributed by atoms with Crippen molar-refractivity contribution in [2.24, 2.45) is 0 Å². The molecule has 0 aliphatic carbocycles. The van der Waals surface area contributed by atoms with Gasteiger partial charge < -0.3 is 38.2 Å². The minimum absolute atomic E-state index is 0.739. The monoisotopic (exact) mass is 1530 g/mol. The fourth-order valence-corrected chi connectivity index (χ4v) is 17.9. The molecule has 0 bridgehead atoms. The van der Waals surface area contributed by atoms with Gasteiger partial charge in [-0.15, -0.1) is 0 Å². The average Bonchev–Trinajstić information content (AvgIpc) is 1.48. The van der Waals surface area contributed by atoms with Crippen LogP contribution in [-0.4, -0.2) is 13.7 Å². The van der Waals surface area contributed by atoms with Crippen LogP contribution in [-0.2, 0) is 6.42 Å². The molecule has 0 fully saturated rings. The summed E-state index contributed by atoms with van der Waals surface area (Å²) in [4.78, 5) is 11.8. The Morgan fingerprint density at radius 3 is 0.681 bits per heavy atom. The van der Waals surface area contributed by atoms with E-state index < -0.39 is 0 Å². The van der Waals surface area contributed by atoms with Crippen molar-refractivity contribution < 1.29 is 0 Å². The van der Waals surface area contributed by atoms with Crippen LogP contribution >= 0.6 is 0 Å². The molecule has 0 radical (unpaired) electrons. The number of anilines is 15. The summed E-state index contributed by atoms with van der Waals surface area (Å²) >= 11 is 0. The van der Waals surface area contributed by atoms with Crippen molar-refractivity contribution in [1.29, 1.82) is 0 Å². The number of hydrogen-bond donors (Lipinski definition) is 0. The Labute approximate surface area is 692 Å². The summed E-state index contributed by atoms with van der Waals surface area (Å²) in [6, 6.07) is 164. The average molecular weight is 1530 g/mol. The Hall–Kier alpha value is -15.6. The molecule has 21 rings (SSSR count). The highest BCUT2D eigenvalue weighted by Crippen LogP contribution is 2.46. The van der Waals surface area contributed by atoms with Crippen molar-refractivity contribution in [3.63, 3.8) is 0 Å². The number of aromatic nitrogens is 3. The third-order valence-electron chi connectivity index (χ3n) is 23.2. The van der Waals surface area contributed by atoms with Gasteiger partial charge in [-0.25, -0.2) is 0 Å². The summed E-state index contributed by atoms with van der Waals surface area (Å²) in [7, 11) is 0. The molecule has 8 heteroatoms. The van der Waals surface area contributed by atoms with Gasteiger partial charge in [0.25, 0.3) is 0 Å². The third-order valence-corrected chi connectivity index (χ3v) is 23.2. The highest BCUT2D eigenvalue weighted by molar-refractivity contribution is 6.12. The van der Waals surface area contributed by atoms with Gasteiger partial charge in [0, 0.05) is 135 Å². The molecule has 119 heavy (non-hydrogen) atoms. The summed E-state index contributed by atoms with van der Waals surface area (Å²) in [6.07, 6.45) is 0.739. The molecular weight excluding hydrogens is 1450 g/mol. The molecule has 0 amide bonds. The number of aryl methyl sites for hydroxylation is 2. The lowest BCUT2D eigenvalue weighted by atomic mass is 10.0. The summed E-state index contributed by atoms with van der Waals surface area (Å²) < 4.78 is 7.20. The smallest absolute Gasteiger partial charge is 0.0541 e. The minimum atomic E-state index is 0.739. The van der Waals surface area contributed by atoms with E-state index in [-0.39, 0.29) is 0 Å². The first-order valence-electron chi connectivity index (χ1n) is 40.8. The fourth-order valence-electron chi connectivity index (χ4n) is 17.9. The topological polar surface area (TPSA) is 31.0 Å². The Morgan fingerprint density at radius 1 is 0.160 bits per heavy atom. The van der Waals surface area contributed by atoms with Gasteiger partial charge in [0.05, 0.1) is 33.1 Å². The molecule has 8 nitrogen and oxygen atoms in total. The predicted molar refractivity (Wildman–Crippen MR) is 502 cm³/mol. The Balaban J connectivity index is 0.601. The zero-order valence-corrected chi connectivity index (χ0v) is 66.0. The second-order valence-electron chi connectivity index (χ2n) is 30.8. The van der Waals surface area contributed by atoms with Crippen molar-refractivity contribution in [3.8, 4) is 17.1 Å². The molecule has 0 spiro atoms. The molecule has 0 N–H and O–H groups in total. The van der Waals surface area contributed by atoms with Crippen LogP contribution in [0.15, 0.2) is 449 Å². The van der Waals surface area contributed by atoms with E-state index in [9.17, 15) is 0 Å². The second-order valence-corrected chi connectivity index (χ2v) is 30.8. The molecule has 566 valence electrons. The van der Waals surface area contributed by atoms with Crippen LogP contribution in [0.3, 0.4) is 0 Å². The van der Waals surface area contributed by atoms with Gasteiger partial charge in [0.2, 0.25) is 0 Å². The normalized spacial score (nSPS) is 11.5. The van der Waals surface area contributed by atoms with Gasteiger partial charge >= 0.3 is 0 Å². The zero-order chi connectivity index (χ0) is 79.3. The molecule has 3 aromatic heterocycles. The van der Waals surface area contributed by atoms with E-state index in [1.54, 1.807) is 0 Å². The first-order chi connectivity index (χ1) is 58.8. The molecule has 18 aromatic carbocycles. The first-order valence-corrected chi connectivity index (χ1v) is 40.8. The van der Waals surface area contributed by atoms with E-state index in [1.807, 2.05) is 0 Å². The van der Waals surface area contributed by atoms with E-state index >= 15 is 0 Å². The number of para-hydroxylation sites is 8. The lowest BCUT2D eigenvalue weighted by Crippen LogP contribution is -2.14. The number of fused-ring (bicyclic) bond motifs is 9. The predicted octanol–water partition coefficient (Wildman–Crippen LogP) is 30.5. The van der Waals surface area contributed by atoms with E-state index in [4.69, 9.17) is 0 Å². The maximum absolute atomic E-state index is 2.43. The van der Waals surface area contributed by atoms with E-state index in [0.29, 0.717) is 0 Å². The quantitative estimate of drug-likeness (QED) is 0.0759. The molecular formula is C111H82N8. The zero-order valence-electron chi connectivity index (χ0n) is 66.0. The Kier molecular flexibility index (Phi) is 18.3. The number of hydrogen-bond acceptors (Lipinski definition) is 5. The number of rotatable bonds is 20. The largest absolute Gasteiger partial charge is 0.310 e. The first kappa shape index (κ1) is 71.2. The van der Waals surface area contributed by atoms with Crippen LogP contribution < -0.4 is 24.5 Å². The van der Waals surface area contributed by atoms with Crippen molar-refractivity contribution in [1.82, 2.24) is 13.7 Å². The second kappa shape index (κ2) is 30.6. The van der Waals surface area contributed by atoms with Crippen molar-refractivity contribution >= 4 is 151 Å². The lowest BCUT2D eigenvalue weighted by Gasteiger charge is -2.30. The van der Waals surface area contributed by atoms with Gasteiger partial charge in [-0.1, -0.05) is 188 Å². The lowest BCUT2D eigenvalue weighted by molar-refractivity contribution is 1.16.